The summed E-state index contributed by atoms with van der Waals surface area (Å²) in [7, 11) is 0. The van der Waals surface area contributed by atoms with E-state index in [0.29, 0.717) is 6.04 Å². The van der Waals surface area contributed by atoms with Crippen LogP contribution in [-0.2, 0) is 0 Å². The number of ether oxygens (including phenoxy) is 1. The Morgan fingerprint density at radius 3 is 2.59 bits per heavy atom. The zero-order chi connectivity index (χ0) is 12.4. The maximum absolute atomic E-state index is 5.86. The third-order valence-electron chi connectivity index (χ3n) is 2.59. The Balaban J connectivity index is 2.67. The fourth-order valence-corrected chi connectivity index (χ4v) is 1.91. The Morgan fingerprint density at radius 2 is 1.94 bits per heavy atom. The van der Waals surface area contributed by atoms with Gasteiger partial charge in [-0.3, -0.25) is 0 Å². The van der Waals surface area contributed by atoms with E-state index >= 15 is 0 Å². The SMILES string of the molecule is CC(C)Oc1ccnc2ccc[n+](C(C)C)c12. The molecule has 0 aliphatic heterocycles. The van der Waals surface area contributed by atoms with Gasteiger partial charge in [0.15, 0.2) is 18.0 Å². The third kappa shape index (κ3) is 2.38. The van der Waals surface area contributed by atoms with E-state index < -0.39 is 0 Å². The van der Waals surface area contributed by atoms with Crippen molar-refractivity contribution in [2.45, 2.75) is 39.8 Å². The van der Waals surface area contributed by atoms with E-state index in [1.807, 2.05) is 32.0 Å². The van der Waals surface area contributed by atoms with Crippen molar-refractivity contribution in [3.8, 4) is 5.75 Å². The molecule has 0 aliphatic rings. The van der Waals surface area contributed by atoms with Crippen LogP contribution in [0.4, 0.5) is 0 Å². The predicted octanol–water partition coefficient (Wildman–Crippen LogP) is 2.89. The molecule has 0 spiro atoms. The van der Waals surface area contributed by atoms with Crippen molar-refractivity contribution in [1.82, 2.24) is 4.98 Å². The van der Waals surface area contributed by atoms with E-state index in [0.717, 1.165) is 16.8 Å². The standard InChI is InChI=1S/C14H19N2O/c1-10(2)16-9-5-6-12-14(16)13(7-8-15-12)17-11(3)4/h5-11H,1-4H3/q+1. The second kappa shape index (κ2) is 4.70. The number of pyridine rings is 2. The molecular formula is C14H19N2O+. The second-order valence-electron chi connectivity index (χ2n) is 4.72. The van der Waals surface area contributed by atoms with Crippen LogP contribution in [0.1, 0.15) is 33.7 Å². The van der Waals surface area contributed by atoms with Gasteiger partial charge in [0.1, 0.15) is 5.52 Å². The zero-order valence-electron chi connectivity index (χ0n) is 10.8. The lowest BCUT2D eigenvalue weighted by molar-refractivity contribution is -0.691. The van der Waals surface area contributed by atoms with Crippen molar-refractivity contribution in [2.75, 3.05) is 0 Å². The van der Waals surface area contributed by atoms with Gasteiger partial charge in [0.05, 0.1) is 6.10 Å². The van der Waals surface area contributed by atoms with Gasteiger partial charge in [-0.05, 0) is 33.8 Å². The Kier molecular flexibility index (Phi) is 3.27. The summed E-state index contributed by atoms with van der Waals surface area (Å²) in [6.07, 6.45) is 4.04. The molecule has 0 bridgehead atoms. The molecule has 17 heavy (non-hydrogen) atoms. The monoisotopic (exact) mass is 231 g/mol. The summed E-state index contributed by atoms with van der Waals surface area (Å²) < 4.78 is 8.05. The van der Waals surface area contributed by atoms with Gasteiger partial charge in [0, 0.05) is 18.3 Å². The van der Waals surface area contributed by atoms with Gasteiger partial charge >= 0.3 is 0 Å². The average molecular weight is 231 g/mol. The molecule has 0 radical (unpaired) electrons. The van der Waals surface area contributed by atoms with Crippen molar-refractivity contribution in [3.05, 3.63) is 30.6 Å². The maximum atomic E-state index is 5.86. The molecule has 0 saturated heterocycles. The molecule has 0 N–H and O–H groups in total. The van der Waals surface area contributed by atoms with E-state index in [-0.39, 0.29) is 6.10 Å². The Labute approximate surface area is 102 Å². The lowest BCUT2D eigenvalue weighted by atomic mass is 10.2. The summed E-state index contributed by atoms with van der Waals surface area (Å²) in [6.45, 7) is 8.39. The average Bonchev–Trinajstić information content (AvgIpc) is 2.27. The molecule has 2 heterocycles. The van der Waals surface area contributed by atoms with Crippen LogP contribution < -0.4 is 9.30 Å². The van der Waals surface area contributed by atoms with Crippen molar-refractivity contribution >= 4 is 11.0 Å². The highest BCUT2D eigenvalue weighted by Gasteiger charge is 2.18. The van der Waals surface area contributed by atoms with Crippen molar-refractivity contribution in [1.29, 1.82) is 0 Å². The maximum Gasteiger partial charge on any atom is 0.273 e. The normalized spacial score (nSPS) is 11.4. The minimum Gasteiger partial charge on any atom is -0.484 e. The van der Waals surface area contributed by atoms with E-state index in [4.69, 9.17) is 4.74 Å². The molecule has 0 aromatic carbocycles. The van der Waals surface area contributed by atoms with Crippen LogP contribution in [0, 0.1) is 0 Å². The van der Waals surface area contributed by atoms with Gasteiger partial charge in [-0.25, -0.2) is 4.98 Å². The first-order valence-electron chi connectivity index (χ1n) is 6.05. The lowest BCUT2D eigenvalue weighted by Crippen LogP contribution is -2.37. The summed E-state index contributed by atoms with van der Waals surface area (Å²) in [4.78, 5) is 4.39. The van der Waals surface area contributed by atoms with Gasteiger partial charge in [0.2, 0.25) is 0 Å². The number of hydrogen-bond acceptors (Lipinski definition) is 2. The Morgan fingerprint density at radius 1 is 1.18 bits per heavy atom. The van der Waals surface area contributed by atoms with Gasteiger partial charge in [-0.2, -0.15) is 4.57 Å². The molecule has 0 saturated carbocycles. The molecule has 90 valence electrons. The van der Waals surface area contributed by atoms with Gasteiger partial charge < -0.3 is 4.74 Å². The zero-order valence-corrected chi connectivity index (χ0v) is 10.8. The third-order valence-corrected chi connectivity index (χ3v) is 2.59. The van der Waals surface area contributed by atoms with Crippen molar-refractivity contribution in [2.24, 2.45) is 0 Å². The summed E-state index contributed by atoms with van der Waals surface area (Å²) >= 11 is 0. The summed E-state index contributed by atoms with van der Waals surface area (Å²) in [5.41, 5.74) is 2.04. The molecular weight excluding hydrogens is 212 g/mol. The summed E-state index contributed by atoms with van der Waals surface area (Å²) in [6, 6.07) is 6.36. The number of aromatic nitrogens is 2. The number of nitrogens with zero attached hydrogens (tertiary/aromatic N) is 2. The number of fused-ring (bicyclic) bond motifs is 1. The first-order valence-corrected chi connectivity index (χ1v) is 6.05. The molecule has 3 nitrogen and oxygen atoms in total. The molecule has 2 rings (SSSR count). The predicted molar refractivity (Wildman–Crippen MR) is 68.1 cm³/mol. The number of rotatable bonds is 3. The summed E-state index contributed by atoms with van der Waals surface area (Å²) in [5.74, 6) is 0.902. The van der Waals surface area contributed by atoms with Crippen LogP contribution >= 0.6 is 0 Å². The quantitative estimate of drug-likeness (QED) is 0.759. The Bertz CT molecular complexity index is 515. The molecule has 2 aromatic rings. The summed E-state index contributed by atoms with van der Waals surface area (Å²) in [5, 5.41) is 0. The van der Waals surface area contributed by atoms with E-state index in [1.165, 1.54) is 0 Å². The van der Waals surface area contributed by atoms with Crippen LogP contribution in [-0.4, -0.2) is 11.1 Å². The molecule has 0 aliphatic carbocycles. The molecule has 0 fully saturated rings. The number of hydrogen-bond donors (Lipinski definition) is 0. The topological polar surface area (TPSA) is 26.0 Å². The van der Waals surface area contributed by atoms with Crippen LogP contribution in [0.3, 0.4) is 0 Å². The van der Waals surface area contributed by atoms with Gasteiger partial charge in [-0.15, -0.1) is 0 Å². The van der Waals surface area contributed by atoms with Crippen LogP contribution in [0.15, 0.2) is 30.6 Å². The van der Waals surface area contributed by atoms with E-state index in [1.54, 1.807) is 6.20 Å². The van der Waals surface area contributed by atoms with Crippen LogP contribution in [0.25, 0.3) is 11.0 Å². The highest BCUT2D eigenvalue weighted by atomic mass is 16.5. The Hall–Kier alpha value is -1.64. The minimum atomic E-state index is 0.168. The second-order valence-corrected chi connectivity index (χ2v) is 4.72. The lowest BCUT2D eigenvalue weighted by Gasteiger charge is -2.11. The molecule has 0 unspecified atom stereocenters. The first kappa shape index (κ1) is 11.8. The van der Waals surface area contributed by atoms with Crippen molar-refractivity contribution in [3.63, 3.8) is 0 Å². The van der Waals surface area contributed by atoms with Gasteiger partial charge in [0.25, 0.3) is 5.52 Å². The van der Waals surface area contributed by atoms with Crippen LogP contribution in [0.5, 0.6) is 5.75 Å². The molecule has 3 heteroatoms. The largest absolute Gasteiger partial charge is 0.484 e. The fourth-order valence-electron chi connectivity index (χ4n) is 1.91. The van der Waals surface area contributed by atoms with Crippen LogP contribution in [0.2, 0.25) is 0 Å². The highest BCUT2D eigenvalue weighted by molar-refractivity contribution is 5.77. The minimum absolute atomic E-state index is 0.168. The molecule has 0 amide bonds. The van der Waals surface area contributed by atoms with Crippen molar-refractivity contribution < 1.29 is 9.30 Å². The van der Waals surface area contributed by atoms with E-state index in [2.05, 4.69) is 29.6 Å². The smallest absolute Gasteiger partial charge is 0.273 e. The molecule has 2 aromatic heterocycles. The van der Waals surface area contributed by atoms with E-state index in [9.17, 15) is 0 Å². The first-order chi connectivity index (χ1) is 8.09. The fraction of sp³-hybridized carbons (Fsp3) is 0.429. The van der Waals surface area contributed by atoms with Gasteiger partial charge in [-0.1, -0.05) is 0 Å². The highest BCUT2D eigenvalue weighted by Crippen LogP contribution is 2.22. The molecule has 0 atom stereocenters.